The summed E-state index contributed by atoms with van der Waals surface area (Å²) in [5, 5.41) is 5.47. The summed E-state index contributed by atoms with van der Waals surface area (Å²) in [4.78, 5) is 12.2. The molecule has 0 amide bonds. The zero-order valence-corrected chi connectivity index (χ0v) is 13.7. The first-order valence-corrected chi connectivity index (χ1v) is 8.95. The average Bonchev–Trinajstić information content (AvgIpc) is 3.09. The summed E-state index contributed by atoms with van der Waals surface area (Å²) in [5.74, 6) is -0.582. The van der Waals surface area contributed by atoms with E-state index in [0.717, 1.165) is 4.88 Å². The van der Waals surface area contributed by atoms with Crippen LogP contribution in [0.25, 0.3) is 0 Å². The van der Waals surface area contributed by atoms with Gasteiger partial charge in [0.15, 0.2) is 5.76 Å². The number of thiophene rings is 1. The highest BCUT2D eigenvalue weighted by atomic mass is 32.2. The van der Waals surface area contributed by atoms with Gasteiger partial charge >= 0.3 is 5.97 Å². The zero-order chi connectivity index (χ0) is 16.2. The van der Waals surface area contributed by atoms with Gasteiger partial charge in [-0.1, -0.05) is 11.2 Å². The van der Waals surface area contributed by atoms with Crippen molar-refractivity contribution in [1.82, 2.24) is 9.88 Å². The summed E-state index contributed by atoms with van der Waals surface area (Å²) in [6.07, 6.45) is -0.0777. The van der Waals surface area contributed by atoms with Crippen molar-refractivity contribution in [2.45, 2.75) is 25.1 Å². The number of carbonyl (C=O) groups is 1. The molecule has 0 saturated heterocycles. The molecular formula is C13H16N2O5S2. The van der Waals surface area contributed by atoms with Crippen molar-refractivity contribution in [2.75, 3.05) is 7.11 Å². The first-order valence-electron chi connectivity index (χ1n) is 6.42. The molecule has 0 aliphatic heterocycles. The molecule has 0 saturated carbocycles. The average molecular weight is 344 g/mol. The Morgan fingerprint density at radius 1 is 1.55 bits per heavy atom. The molecule has 0 aliphatic rings. The van der Waals surface area contributed by atoms with Crippen LogP contribution in [-0.2, 0) is 25.3 Å². The molecule has 22 heavy (non-hydrogen) atoms. The fourth-order valence-electron chi connectivity index (χ4n) is 1.87. The van der Waals surface area contributed by atoms with E-state index in [9.17, 15) is 13.2 Å². The van der Waals surface area contributed by atoms with Gasteiger partial charge in [0, 0.05) is 10.9 Å². The van der Waals surface area contributed by atoms with Gasteiger partial charge in [-0.15, -0.1) is 11.3 Å². The highest BCUT2D eigenvalue weighted by molar-refractivity contribution is 7.88. The van der Waals surface area contributed by atoms with Crippen molar-refractivity contribution in [3.05, 3.63) is 39.9 Å². The van der Waals surface area contributed by atoms with Gasteiger partial charge < -0.3 is 9.26 Å². The summed E-state index contributed by atoms with van der Waals surface area (Å²) >= 11 is 1.36. The fraction of sp³-hybridized carbons (Fsp3) is 0.385. The normalized spacial score (nSPS) is 13.0. The minimum Gasteiger partial charge on any atom is -0.469 e. The largest absolute Gasteiger partial charge is 0.469 e. The Morgan fingerprint density at radius 2 is 2.32 bits per heavy atom. The van der Waals surface area contributed by atoms with E-state index < -0.39 is 22.0 Å². The van der Waals surface area contributed by atoms with Crippen LogP contribution in [0.1, 0.15) is 28.8 Å². The van der Waals surface area contributed by atoms with Crippen LogP contribution in [0.15, 0.2) is 28.1 Å². The van der Waals surface area contributed by atoms with E-state index in [-0.39, 0.29) is 17.9 Å². The minimum atomic E-state index is -3.69. The van der Waals surface area contributed by atoms with Crippen LogP contribution < -0.4 is 4.72 Å². The molecule has 1 atom stereocenters. The van der Waals surface area contributed by atoms with E-state index in [2.05, 4.69) is 14.6 Å². The predicted octanol–water partition coefficient (Wildman–Crippen LogP) is 1.77. The second-order valence-corrected chi connectivity index (χ2v) is 7.39. The molecule has 0 fully saturated rings. The number of carbonyl (C=O) groups excluding carboxylic acids is 1. The molecule has 2 rings (SSSR count). The van der Waals surface area contributed by atoms with Gasteiger partial charge in [0.2, 0.25) is 10.0 Å². The number of nitrogens with zero attached hydrogens (tertiary/aromatic N) is 1. The van der Waals surface area contributed by atoms with Crippen LogP contribution >= 0.6 is 11.3 Å². The lowest BCUT2D eigenvalue weighted by Gasteiger charge is -2.16. The molecular weight excluding hydrogens is 328 g/mol. The first kappa shape index (κ1) is 16.7. The number of hydrogen-bond donors (Lipinski definition) is 1. The Kier molecular flexibility index (Phi) is 5.33. The summed E-state index contributed by atoms with van der Waals surface area (Å²) in [7, 11) is -2.42. The van der Waals surface area contributed by atoms with E-state index in [1.807, 2.05) is 5.38 Å². The number of methoxy groups -OCH3 is 1. The molecule has 1 unspecified atom stereocenters. The molecule has 9 heteroatoms. The Morgan fingerprint density at radius 3 is 2.86 bits per heavy atom. The van der Waals surface area contributed by atoms with Crippen molar-refractivity contribution < 1.29 is 22.5 Å². The van der Waals surface area contributed by atoms with E-state index in [1.54, 1.807) is 25.1 Å². The van der Waals surface area contributed by atoms with Gasteiger partial charge in [0.25, 0.3) is 0 Å². The van der Waals surface area contributed by atoms with Crippen molar-refractivity contribution in [1.29, 1.82) is 0 Å². The monoisotopic (exact) mass is 344 g/mol. The Bertz CT molecular complexity index is 721. The molecule has 1 N–H and O–H groups in total. The summed E-state index contributed by atoms with van der Waals surface area (Å²) in [6.45, 7) is 1.71. The molecule has 120 valence electrons. The molecule has 0 radical (unpaired) electrons. The highest BCUT2D eigenvalue weighted by Crippen LogP contribution is 2.24. The van der Waals surface area contributed by atoms with Gasteiger partial charge in [0.05, 0.1) is 25.3 Å². The molecule has 2 heterocycles. The van der Waals surface area contributed by atoms with Crippen molar-refractivity contribution in [3.63, 3.8) is 0 Å². The van der Waals surface area contributed by atoms with Crippen LogP contribution in [0.2, 0.25) is 0 Å². The number of sulfonamides is 1. The highest BCUT2D eigenvalue weighted by Gasteiger charge is 2.24. The van der Waals surface area contributed by atoms with Gasteiger partial charge in [-0.2, -0.15) is 0 Å². The number of hydrogen-bond acceptors (Lipinski definition) is 7. The molecule has 0 aromatic carbocycles. The van der Waals surface area contributed by atoms with E-state index >= 15 is 0 Å². The van der Waals surface area contributed by atoms with Crippen LogP contribution in [0.4, 0.5) is 0 Å². The lowest BCUT2D eigenvalue weighted by Crippen LogP contribution is -2.31. The number of aryl methyl sites for hydroxylation is 1. The van der Waals surface area contributed by atoms with Gasteiger partial charge in [-0.05, 0) is 18.4 Å². The molecule has 0 bridgehead atoms. The molecule has 2 aromatic rings. The predicted molar refractivity (Wildman–Crippen MR) is 80.7 cm³/mol. The lowest BCUT2D eigenvalue weighted by atomic mass is 10.2. The van der Waals surface area contributed by atoms with Crippen molar-refractivity contribution in [3.8, 4) is 0 Å². The van der Waals surface area contributed by atoms with Crippen LogP contribution in [-0.4, -0.2) is 26.7 Å². The molecule has 7 nitrogen and oxygen atoms in total. The lowest BCUT2D eigenvalue weighted by molar-refractivity contribution is -0.141. The topological polar surface area (TPSA) is 98.5 Å². The number of aromatic nitrogens is 1. The second-order valence-electron chi connectivity index (χ2n) is 4.66. The number of esters is 1. The first-order chi connectivity index (χ1) is 10.4. The summed E-state index contributed by atoms with van der Waals surface area (Å²) in [6, 6.07) is 4.44. The van der Waals surface area contributed by atoms with E-state index in [4.69, 9.17) is 4.52 Å². The number of rotatable bonds is 7. The second kappa shape index (κ2) is 7.03. The number of ether oxygens (including phenoxy) is 1. The van der Waals surface area contributed by atoms with Crippen molar-refractivity contribution in [2.24, 2.45) is 0 Å². The van der Waals surface area contributed by atoms with Gasteiger partial charge in [-0.3, -0.25) is 4.79 Å². The number of nitrogens with one attached hydrogen (secondary N) is 1. The maximum atomic E-state index is 12.2. The molecule has 0 spiro atoms. The zero-order valence-electron chi connectivity index (χ0n) is 12.1. The molecule has 0 aliphatic carbocycles. The van der Waals surface area contributed by atoms with Crippen LogP contribution in [0, 0.1) is 6.92 Å². The quantitative estimate of drug-likeness (QED) is 0.769. The van der Waals surface area contributed by atoms with Crippen molar-refractivity contribution >= 4 is 27.3 Å². The minimum absolute atomic E-state index is 0.0777. The molecule has 2 aromatic heterocycles. The van der Waals surface area contributed by atoms with Crippen LogP contribution in [0.5, 0.6) is 0 Å². The van der Waals surface area contributed by atoms with Crippen LogP contribution in [0.3, 0.4) is 0 Å². The summed E-state index contributed by atoms with van der Waals surface area (Å²) in [5.41, 5.74) is 0.606. The Labute approximate surface area is 132 Å². The Balaban J connectivity index is 2.13. The Hall–Kier alpha value is -1.71. The third-order valence-corrected chi connectivity index (χ3v) is 5.11. The van der Waals surface area contributed by atoms with Gasteiger partial charge in [-0.25, -0.2) is 13.1 Å². The third kappa shape index (κ3) is 4.65. The smallest absolute Gasteiger partial charge is 0.307 e. The standard InChI is InChI=1S/C13H16N2O5S2/c1-9-6-10(20-14-9)8-22(17,18)15-11(7-13(16)19-2)12-4-3-5-21-12/h3-6,11,15H,7-8H2,1-2H3. The van der Waals surface area contributed by atoms with E-state index in [0.29, 0.717) is 5.69 Å². The fourth-order valence-corrected chi connectivity index (χ4v) is 3.96. The summed E-state index contributed by atoms with van der Waals surface area (Å²) < 4.78 is 36.5. The maximum Gasteiger partial charge on any atom is 0.307 e. The maximum absolute atomic E-state index is 12.2. The van der Waals surface area contributed by atoms with Gasteiger partial charge in [0.1, 0.15) is 5.75 Å². The SMILES string of the molecule is COC(=O)CC(NS(=O)(=O)Cc1cc(C)no1)c1cccs1. The van der Waals surface area contributed by atoms with E-state index in [1.165, 1.54) is 18.4 Å². The third-order valence-electron chi connectivity index (χ3n) is 2.82.